The number of alkyl halides is 3. The SMILES string of the molecule is CCn1ccc(CNC(=O)c2cc3nc(C)cc(C(F)(F)Cl)n3n2)n1. The third kappa shape index (κ3) is 3.60. The summed E-state index contributed by atoms with van der Waals surface area (Å²) in [6.45, 7) is 4.43. The summed E-state index contributed by atoms with van der Waals surface area (Å²) >= 11 is 5.12. The number of halogens is 3. The predicted molar refractivity (Wildman–Crippen MR) is 86.5 cm³/mol. The molecule has 0 fully saturated rings. The molecule has 0 aromatic carbocycles. The average molecular weight is 369 g/mol. The Bertz CT molecular complexity index is 930. The number of nitrogens with zero attached hydrogens (tertiary/aromatic N) is 5. The first-order valence-corrected chi connectivity index (χ1v) is 7.91. The summed E-state index contributed by atoms with van der Waals surface area (Å²) in [5.74, 6) is -0.516. The molecule has 0 unspecified atom stereocenters. The number of hydrogen-bond donors (Lipinski definition) is 1. The minimum atomic E-state index is -3.63. The number of fused-ring (bicyclic) bond motifs is 1. The van der Waals surface area contributed by atoms with Crippen molar-refractivity contribution in [2.24, 2.45) is 0 Å². The molecule has 3 rings (SSSR count). The van der Waals surface area contributed by atoms with Gasteiger partial charge in [-0.2, -0.15) is 19.0 Å². The number of amides is 1. The number of carbonyl (C=O) groups is 1. The van der Waals surface area contributed by atoms with Crippen molar-refractivity contribution in [1.82, 2.24) is 29.7 Å². The summed E-state index contributed by atoms with van der Waals surface area (Å²) in [5, 5.41) is 7.17. The first-order valence-electron chi connectivity index (χ1n) is 7.53. The zero-order valence-electron chi connectivity index (χ0n) is 13.5. The zero-order valence-corrected chi connectivity index (χ0v) is 14.3. The van der Waals surface area contributed by atoms with Crippen molar-refractivity contribution in [3.8, 4) is 0 Å². The van der Waals surface area contributed by atoms with Gasteiger partial charge in [-0.1, -0.05) is 0 Å². The largest absolute Gasteiger partial charge is 0.364 e. The lowest BCUT2D eigenvalue weighted by Crippen LogP contribution is -2.23. The van der Waals surface area contributed by atoms with Crippen LogP contribution in [0.5, 0.6) is 0 Å². The van der Waals surface area contributed by atoms with Gasteiger partial charge in [-0.3, -0.25) is 9.48 Å². The Balaban J connectivity index is 1.84. The number of hydrogen-bond acceptors (Lipinski definition) is 4. The second kappa shape index (κ2) is 6.40. The Morgan fingerprint density at radius 1 is 1.36 bits per heavy atom. The van der Waals surface area contributed by atoms with E-state index in [1.807, 2.05) is 6.92 Å². The molecule has 0 radical (unpaired) electrons. The molecule has 0 aliphatic carbocycles. The Hall–Kier alpha value is -2.55. The highest BCUT2D eigenvalue weighted by atomic mass is 35.5. The molecule has 132 valence electrons. The maximum Gasteiger partial charge on any atom is 0.364 e. The highest BCUT2D eigenvalue weighted by Crippen LogP contribution is 2.32. The van der Waals surface area contributed by atoms with Crippen molar-refractivity contribution >= 4 is 23.2 Å². The van der Waals surface area contributed by atoms with E-state index in [4.69, 9.17) is 11.6 Å². The Labute approximate surface area is 146 Å². The fraction of sp³-hybridized carbons (Fsp3) is 0.333. The quantitative estimate of drug-likeness (QED) is 0.702. The van der Waals surface area contributed by atoms with Gasteiger partial charge < -0.3 is 5.32 Å². The first-order chi connectivity index (χ1) is 11.8. The number of rotatable bonds is 5. The van der Waals surface area contributed by atoms with Crippen molar-refractivity contribution < 1.29 is 13.6 Å². The van der Waals surface area contributed by atoms with Crippen molar-refractivity contribution in [2.45, 2.75) is 32.3 Å². The van der Waals surface area contributed by atoms with Gasteiger partial charge in [-0.25, -0.2) is 9.50 Å². The van der Waals surface area contributed by atoms with E-state index >= 15 is 0 Å². The molecule has 0 aliphatic rings. The first kappa shape index (κ1) is 17.3. The average Bonchev–Trinajstić information content (AvgIpc) is 3.17. The normalized spacial score (nSPS) is 11.9. The van der Waals surface area contributed by atoms with Crippen LogP contribution in [-0.2, 0) is 18.5 Å². The molecule has 3 heterocycles. The van der Waals surface area contributed by atoms with Crippen LogP contribution in [0.1, 0.15) is 34.5 Å². The second-order valence-corrected chi connectivity index (χ2v) is 5.90. The van der Waals surface area contributed by atoms with Crippen LogP contribution in [0.2, 0.25) is 0 Å². The van der Waals surface area contributed by atoms with Crippen molar-refractivity contribution in [1.29, 1.82) is 0 Å². The van der Waals surface area contributed by atoms with E-state index in [1.165, 1.54) is 6.07 Å². The van der Waals surface area contributed by atoms with E-state index in [9.17, 15) is 13.6 Å². The lowest BCUT2D eigenvalue weighted by atomic mass is 10.3. The Morgan fingerprint density at radius 3 is 2.76 bits per heavy atom. The summed E-state index contributed by atoms with van der Waals surface area (Å²) < 4.78 is 29.7. The number of nitrogens with one attached hydrogen (secondary N) is 1. The van der Waals surface area contributed by atoms with Crippen LogP contribution in [0.4, 0.5) is 8.78 Å². The summed E-state index contributed by atoms with van der Waals surface area (Å²) in [4.78, 5) is 16.3. The molecule has 0 spiro atoms. The van der Waals surface area contributed by atoms with Crippen LogP contribution in [-0.4, -0.2) is 30.3 Å². The molecule has 0 atom stereocenters. The van der Waals surface area contributed by atoms with E-state index in [2.05, 4.69) is 20.5 Å². The zero-order chi connectivity index (χ0) is 18.2. The lowest BCUT2D eigenvalue weighted by molar-refractivity contribution is 0.0864. The van der Waals surface area contributed by atoms with Gasteiger partial charge in [0.2, 0.25) is 0 Å². The molecule has 10 heteroatoms. The van der Waals surface area contributed by atoms with Crippen LogP contribution in [0.15, 0.2) is 24.4 Å². The van der Waals surface area contributed by atoms with Gasteiger partial charge in [-0.05, 0) is 37.6 Å². The molecule has 7 nitrogen and oxygen atoms in total. The molecule has 25 heavy (non-hydrogen) atoms. The summed E-state index contributed by atoms with van der Waals surface area (Å²) in [7, 11) is 0. The second-order valence-electron chi connectivity index (χ2n) is 5.43. The van der Waals surface area contributed by atoms with Gasteiger partial charge in [-0.15, -0.1) is 0 Å². The molecule has 0 saturated heterocycles. The molecular formula is C15H15ClF2N6O. The van der Waals surface area contributed by atoms with Crippen LogP contribution in [0, 0.1) is 6.92 Å². The molecule has 0 saturated carbocycles. The minimum Gasteiger partial charge on any atom is -0.345 e. The highest BCUT2D eigenvalue weighted by molar-refractivity contribution is 6.21. The molecule has 1 amide bonds. The van der Waals surface area contributed by atoms with Gasteiger partial charge >= 0.3 is 5.38 Å². The number of aromatic nitrogens is 5. The van der Waals surface area contributed by atoms with Gasteiger partial charge in [0, 0.05) is 24.5 Å². The van der Waals surface area contributed by atoms with Crippen LogP contribution < -0.4 is 5.32 Å². The topological polar surface area (TPSA) is 77.1 Å². The molecular weight excluding hydrogens is 354 g/mol. The summed E-state index contributed by atoms with van der Waals surface area (Å²) in [6, 6.07) is 4.25. The van der Waals surface area contributed by atoms with E-state index < -0.39 is 17.0 Å². The smallest absolute Gasteiger partial charge is 0.345 e. The maximum absolute atomic E-state index is 13.5. The minimum absolute atomic E-state index is 0.0322. The molecule has 0 bridgehead atoms. The Morgan fingerprint density at radius 2 is 2.12 bits per heavy atom. The van der Waals surface area contributed by atoms with Gasteiger partial charge in [0.25, 0.3) is 5.91 Å². The summed E-state index contributed by atoms with van der Waals surface area (Å²) in [6.07, 6.45) is 1.80. The van der Waals surface area contributed by atoms with Crippen molar-refractivity contribution in [2.75, 3.05) is 0 Å². The van der Waals surface area contributed by atoms with Crippen molar-refractivity contribution in [3.63, 3.8) is 0 Å². The van der Waals surface area contributed by atoms with E-state index in [0.29, 0.717) is 11.4 Å². The highest BCUT2D eigenvalue weighted by Gasteiger charge is 2.32. The number of aryl methyl sites for hydroxylation is 2. The fourth-order valence-electron chi connectivity index (χ4n) is 2.35. The van der Waals surface area contributed by atoms with Crippen LogP contribution in [0.3, 0.4) is 0 Å². The van der Waals surface area contributed by atoms with Crippen LogP contribution in [0.25, 0.3) is 5.65 Å². The predicted octanol–water partition coefficient (Wildman–Crippen LogP) is 2.47. The van der Waals surface area contributed by atoms with Crippen molar-refractivity contribution in [3.05, 3.63) is 47.2 Å². The van der Waals surface area contributed by atoms with Crippen LogP contribution >= 0.6 is 11.6 Å². The monoisotopic (exact) mass is 368 g/mol. The van der Waals surface area contributed by atoms with E-state index in [-0.39, 0.29) is 17.9 Å². The third-order valence-corrected chi connectivity index (χ3v) is 3.72. The molecule has 3 aromatic heterocycles. The standard InChI is InChI=1S/C15H15ClF2N6O/c1-3-23-5-4-10(21-23)8-19-14(25)11-7-13-20-9(2)6-12(15(16,17)18)24(13)22-11/h4-7H,3,8H2,1-2H3,(H,19,25). The van der Waals surface area contributed by atoms with E-state index in [1.54, 1.807) is 23.9 Å². The third-order valence-electron chi connectivity index (χ3n) is 3.53. The van der Waals surface area contributed by atoms with E-state index in [0.717, 1.165) is 17.1 Å². The molecule has 3 aromatic rings. The van der Waals surface area contributed by atoms with Gasteiger partial charge in [0.05, 0.1) is 12.2 Å². The lowest BCUT2D eigenvalue weighted by Gasteiger charge is -2.10. The number of carbonyl (C=O) groups excluding carboxylic acids is 1. The molecule has 1 N–H and O–H groups in total. The molecule has 0 aliphatic heterocycles. The fourth-order valence-corrected chi connectivity index (χ4v) is 2.48. The van der Waals surface area contributed by atoms with Gasteiger partial charge in [0.1, 0.15) is 5.69 Å². The Kier molecular flexibility index (Phi) is 4.42. The summed E-state index contributed by atoms with van der Waals surface area (Å²) in [5.41, 5.74) is 0.573. The maximum atomic E-state index is 13.5. The van der Waals surface area contributed by atoms with Gasteiger partial charge in [0.15, 0.2) is 11.3 Å².